The minimum atomic E-state index is -0.836. The summed E-state index contributed by atoms with van der Waals surface area (Å²) in [6, 6.07) is 0. The number of nitrogens with zero attached hydrogens (tertiary/aromatic N) is 3. The van der Waals surface area contributed by atoms with E-state index in [9.17, 15) is 9.00 Å². The number of aryl methyl sites for hydroxylation is 2. The molecule has 1 fully saturated rings. The van der Waals surface area contributed by atoms with Gasteiger partial charge in [-0.1, -0.05) is 13.8 Å². The Morgan fingerprint density at radius 1 is 1.31 bits per heavy atom. The molecule has 3 rings (SSSR count). The summed E-state index contributed by atoms with van der Waals surface area (Å²) in [5.41, 5.74) is 0.858. The first-order valence-electron chi connectivity index (χ1n) is 8.86. The Morgan fingerprint density at radius 3 is 2.62 bits per heavy atom. The van der Waals surface area contributed by atoms with Crippen molar-refractivity contribution in [3.05, 3.63) is 16.3 Å². The molecular weight excluding hydrogens is 370 g/mol. The van der Waals surface area contributed by atoms with Crippen molar-refractivity contribution < 1.29 is 13.7 Å². The van der Waals surface area contributed by atoms with Crippen LogP contribution >= 0.6 is 11.3 Å². The highest BCUT2D eigenvalue weighted by Crippen LogP contribution is 2.38. The lowest BCUT2D eigenvalue weighted by atomic mass is 10.0. The van der Waals surface area contributed by atoms with Crippen molar-refractivity contribution in [1.82, 2.24) is 9.97 Å². The maximum absolute atomic E-state index is 12.7. The molecule has 26 heavy (non-hydrogen) atoms. The van der Waals surface area contributed by atoms with Gasteiger partial charge < -0.3 is 9.64 Å². The van der Waals surface area contributed by atoms with Gasteiger partial charge in [-0.25, -0.2) is 14.8 Å². The van der Waals surface area contributed by atoms with Gasteiger partial charge in [0, 0.05) is 29.6 Å². The molecule has 0 aromatic carbocycles. The molecule has 6 nitrogen and oxygen atoms in total. The van der Waals surface area contributed by atoms with Gasteiger partial charge in [0.2, 0.25) is 0 Å². The van der Waals surface area contributed by atoms with Crippen LogP contribution in [0.2, 0.25) is 0 Å². The normalized spacial score (nSPS) is 19.7. The zero-order valence-electron chi connectivity index (χ0n) is 15.9. The molecule has 0 aliphatic carbocycles. The third kappa shape index (κ3) is 3.03. The van der Waals surface area contributed by atoms with Crippen molar-refractivity contribution in [2.75, 3.05) is 30.9 Å². The third-order valence-corrected chi connectivity index (χ3v) is 8.74. The predicted octanol–water partition coefficient (Wildman–Crippen LogP) is 3.22. The van der Waals surface area contributed by atoms with Crippen molar-refractivity contribution in [3.63, 3.8) is 0 Å². The number of thiophene rings is 1. The maximum Gasteiger partial charge on any atom is 0.348 e. The maximum atomic E-state index is 12.7. The van der Waals surface area contributed by atoms with E-state index in [-0.39, 0.29) is 10.7 Å². The van der Waals surface area contributed by atoms with Gasteiger partial charge in [0.1, 0.15) is 21.3 Å². The minimum absolute atomic E-state index is 0.210. The van der Waals surface area contributed by atoms with Crippen molar-refractivity contribution in [1.29, 1.82) is 0 Å². The van der Waals surface area contributed by atoms with Gasteiger partial charge in [-0.15, -0.1) is 11.3 Å². The van der Waals surface area contributed by atoms with E-state index in [2.05, 4.69) is 23.7 Å². The van der Waals surface area contributed by atoms with Crippen LogP contribution < -0.4 is 4.90 Å². The van der Waals surface area contributed by atoms with Crippen molar-refractivity contribution >= 4 is 44.1 Å². The second-order valence-corrected chi connectivity index (χ2v) is 9.65. The lowest BCUT2D eigenvalue weighted by Gasteiger charge is -2.41. The van der Waals surface area contributed by atoms with E-state index in [0.29, 0.717) is 29.5 Å². The molecule has 142 valence electrons. The molecule has 0 N–H and O–H groups in total. The predicted molar refractivity (Wildman–Crippen MR) is 107 cm³/mol. The quantitative estimate of drug-likeness (QED) is 0.740. The topological polar surface area (TPSA) is 72.4 Å². The molecule has 0 spiro atoms. The van der Waals surface area contributed by atoms with E-state index in [0.717, 1.165) is 34.4 Å². The van der Waals surface area contributed by atoms with Crippen molar-refractivity contribution in [2.45, 2.75) is 45.3 Å². The van der Waals surface area contributed by atoms with E-state index >= 15 is 0 Å². The van der Waals surface area contributed by atoms with E-state index in [4.69, 9.17) is 9.72 Å². The Morgan fingerprint density at radius 2 is 2.00 bits per heavy atom. The number of methoxy groups -OCH3 is 1. The minimum Gasteiger partial charge on any atom is -0.465 e. The first-order valence-corrected chi connectivity index (χ1v) is 11.0. The number of hydrogen-bond acceptors (Lipinski definition) is 7. The zero-order valence-corrected chi connectivity index (χ0v) is 17.6. The van der Waals surface area contributed by atoms with Gasteiger partial charge in [0.15, 0.2) is 0 Å². The molecule has 0 amide bonds. The molecule has 1 aliphatic heterocycles. The first-order chi connectivity index (χ1) is 12.4. The molecule has 1 aliphatic rings. The SMILES string of the molecule is CCC1(CC)CN(c2nc(C)nc3sc(C(=O)OC)c(C)c23)CCS1=O. The molecule has 3 heterocycles. The van der Waals surface area contributed by atoms with Crippen LogP contribution in [-0.4, -0.2) is 50.8 Å². The number of fused-ring (bicyclic) bond motifs is 1. The van der Waals surface area contributed by atoms with Gasteiger partial charge in [0.05, 0.1) is 17.2 Å². The van der Waals surface area contributed by atoms with E-state index < -0.39 is 10.8 Å². The van der Waals surface area contributed by atoms with Crippen LogP contribution in [0.5, 0.6) is 0 Å². The Hall–Kier alpha value is -1.54. The summed E-state index contributed by atoms with van der Waals surface area (Å²) in [5.74, 6) is 1.82. The summed E-state index contributed by atoms with van der Waals surface area (Å²) < 4.78 is 17.4. The van der Waals surface area contributed by atoms with Gasteiger partial charge in [0.25, 0.3) is 0 Å². The fourth-order valence-corrected chi connectivity index (χ4v) is 6.52. The highest BCUT2D eigenvalue weighted by molar-refractivity contribution is 7.86. The molecule has 8 heteroatoms. The van der Waals surface area contributed by atoms with Crippen LogP contribution in [0.4, 0.5) is 5.82 Å². The Labute approximate surface area is 160 Å². The van der Waals surface area contributed by atoms with Crippen LogP contribution in [0.25, 0.3) is 10.2 Å². The summed E-state index contributed by atoms with van der Waals surface area (Å²) in [6.45, 7) is 9.41. The highest BCUT2D eigenvalue weighted by Gasteiger charge is 2.40. The van der Waals surface area contributed by atoms with Crippen LogP contribution in [0.1, 0.15) is 47.7 Å². The summed E-state index contributed by atoms with van der Waals surface area (Å²) >= 11 is 1.35. The van der Waals surface area contributed by atoms with E-state index in [1.165, 1.54) is 18.4 Å². The number of rotatable bonds is 4. The average Bonchev–Trinajstić information content (AvgIpc) is 2.97. The summed E-state index contributed by atoms with van der Waals surface area (Å²) in [7, 11) is 0.554. The molecule has 1 saturated heterocycles. The van der Waals surface area contributed by atoms with Crippen molar-refractivity contribution in [3.8, 4) is 0 Å². The average molecular weight is 396 g/mol. The number of carbonyl (C=O) groups is 1. The number of carbonyl (C=O) groups excluding carboxylic acids is 1. The van der Waals surface area contributed by atoms with E-state index in [1.807, 2.05) is 13.8 Å². The van der Waals surface area contributed by atoms with Crippen LogP contribution in [-0.2, 0) is 15.5 Å². The Kier molecular flexibility index (Phi) is 5.35. The molecule has 0 radical (unpaired) electrons. The molecule has 0 saturated carbocycles. The number of esters is 1. The van der Waals surface area contributed by atoms with Gasteiger partial charge in [-0.3, -0.25) is 4.21 Å². The van der Waals surface area contributed by atoms with Crippen LogP contribution in [0.15, 0.2) is 0 Å². The standard InChI is InChI=1S/C18H25N3O3S2/c1-6-18(7-2)10-21(8-9-26(18)23)15-13-11(3)14(17(22)24-5)25-16(13)20-12(4)19-15/h6-10H2,1-5H3. The molecular formula is C18H25N3O3S2. The number of hydrogen-bond donors (Lipinski definition) is 0. The van der Waals surface area contributed by atoms with Gasteiger partial charge in [-0.2, -0.15) is 0 Å². The highest BCUT2D eigenvalue weighted by atomic mass is 32.2. The second-order valence-electron chi connectivity index (χ2n) is 6.68. The smallest absolute Gasteiger partial charge is 0.348 e. The number of anilines is 1. The second kappa shape index (κ2) is 7.23. The van der Waals surface area contributed by atoms with Crippen LogP contribution in [0.3, 0.4) is 0 Å². The third-order valence-electron chi connectivity index (χ3n) is 5.35. The molecule has 0 bridgehead atoms. The summed E-state index contributed by atoms with van der Waals surface area (Å²) in [6.07, 6.45) is 1.74. The summed E-state index contributed by atoms with van der Waals surface area (Å²) in [4.78, 5) is 24.9. The lowest BCUT2D eigenvalue weighted by Crippen LogP contribution is -2.53. The lowest BCUT2D eigenvalue weighted by molar-refractivity contribution is 0.0605. The monoisotopic (exact) mass is 395 g/mol. The van der Waals surface area contributed by atoms with Gasteiger partial charge in [-0.05, 0) is 32.3 Å². The van der Waals surface area contributed by atoms with E-state index in [1.54, 1.807) is 0 Å². The number of aromatic nitrogens is 2. The number of ether oxygens (including phenoxy) is 1. The largest absolute Gasteiger partial charge is 0.465 e. The molecule has 2 aromatic heterocycles. The van der Waals surface area contributed by atoms with Gasteiger partial charge >= 0.3 is 5.97 Å². The Balaban J connectivity index is 2.14. The summed E-state index contributed by atoms with van der Waals surface area (Å²) in [5, 5.41) is 0.912. The molecule has 1 unspecified atom stereocenters. The molecule has 1 atom stereocenters. The molecule has 2 aromatic rings. The van der Waals surface area contributed by atoms with Crippen LogP contribution in [0, 0.1) is 13.8 Å². The fourth-order valence-electron chi connectivity index (χ4n) is 3.62. The zero-order chi connectivity index (χ0) is 19.1. The van der Waals surface area contributed by atoms with Crippen molar-refractivity contribution in [2.24, 2.45) is 0 Å². The fraction of sp³-hybridized carbons (Fsp3) is 0.611. The first kappa shape index (κ1) is 19.2. The Bertz CT molecular complexity index is 874.